The third kappa shape index (κ3) is 2.79. The molecule has 1 aromatic heterocycles. The monoisotopic (exact) mass is 288 g/mol. The number of aliphatic hydroxyl groups excluding tert-OH is 2. The number of H-pyrrole nitrogens is 1. The molecule has 1 saturated heterocycles. The largest absolute Gasteiger partial charge is 0.394 e. The molecule has 0 spiro atoms. The summed E-state index contributed by atoms with van der Waals surface area (Å²) in [5, 5.41) is 18.6. The highest BCUT2D eigenvalue weighted by atomic mass is 35.5. The molecule has 0 bridgehead atoms. The molecule has 0 aromatic carbocycles. The summed E-state index contributed by atoms with van der Waals surface area (Å²) in [6.07, 6.45) is 0.458. The van der Waals surface area contributed by atoms with E-state index in [0.717, 1.165) is 10.1 Å². The van der Waals surface area contributed by atoms with Gasteiger partial charge in [0.25, 0.3) is 5.56 Å². The molecule has 2 rings (SSSR count). The van der Waals surface area contributed by atoms with Crippen LogP contribution in [0.4, 0.5) is 0 Å². The Morgan fingerprint density at radius 3 is 2.89 bits per heavy atom. The molecule has 3 N–H and O–H groups in total. The fraction of sp³-hybridized carbons (Fsp3) is 0.455. The van der Waals surface area contributed by atoms with E-state index in [1.54, 1.807) is 0 Å². The van der Waals surface area contributed by atoms with E-state index in [4.69, 9.17) is 21.4 Å². The number of aromatic nitrogens is 2. The minimum atomic E-state index is -0.860. The summed E-state index contributed by atoms with van der Waals surface area (Å²) < 4.78 is 6.51. The second kappa shape index (κ2) is 5.70. The molecule has 3 atom stereocenters. The van der Waals surface area contributed by atoms with Crippen LogP contribution in [-0.2, 0) is 4.74 Å². The van der Waals surface area contributed by atoms with Gasteiger partial charge in [0.2, 0.25) is 0 Å². The Kier molecular flexibility index (Phi) is 4.20. The highest BCUT2D eigenvalue weighted by Gasteiger charge is 2.35. The van der Waals surface area contributed by atoms with Crippen molar-refractivity contribution in [3.63, 3.8) is 0 Å². The lowest BCUT2D eigenvalue weighted by Gasteiger charge is -2.14. The average molecular weight is 289 g/mol. The van der Waals surface area contributed by atoms with E-state index >= 15 is 0 Å². The maximum Gasteiger partial charge on any atom is 0.330 e. The van der Waals surface area contributed by atoms with Crippen LogP contribution in [0.3, 0.4) is 0 Å². The number of rotatable bonds is 3. The molecule has 0 radical (unpaired) electrons. The first-order valence-corrected chi connectivity index (χ1v) is 6.07. The van der Waals surface area contributed by atoms with Gasteiger partial charge in [-0.3, -0.25) is 14.3 Å². The predicted octanol–water partition coefficient (Wildman–Crippen LogP) is -0.613. The summed E-state index contributed by atoms with van der Waals surface area (Å²) in [4.78, 5) is 25.3. The predicted molar refractivity (Wildman–Crippen MR) is 67.8 cm³/mol. The minimum absolute atomic E-state index is 0.154. The summed E-state index contributed by atoms with van der Waals surface area (Å²) in [5.41, 5.74) is 0.142. The Morgan fingerprint density at radius 2 is 2.32 bits per heavy atom. The Hall–Kier alpha value is -1.41. The lowest BCUT2D eigenvalue weighted by Crippen LogP contribution is -2.33. The van der Waals surface area contributed by atoms with Crippen molar-refractivity contribution < 1.29 is 14.9 Å². The van der Waals surface area contributed by atoms with E-state index in [2.05, 4.69) is 4.98 Å². The van der Waals surface area contributed by atoms with Crippen LogP contribution in [0.5, 0.6) is 0 Å². The molecule has 2 heterocycles. The van der Waals surface area contributed by atoms with E-state index in [0.29, 0.717) is 0 Å². The molecule has 1 unspecified atom stereocenters. The highest BCUT2D eigenvalue weighted by Crippen LogP contribution is 2.27. The van der Waals surface area contributed by atoms with Crippen LogP contribution in [-0.4, -0.2) is 38.6 Å². The zero-order valence-electron chi connectivity index (χ0n) is 9.82. The van der Waals surface area contributed by atoms with Crippen LogP contribution in [0.15, 0.2) is 21.3 Å². The molecular weight excluding hydrogens is 276 g/mol. The summed E-state index contributed by atoms with van der Waals surface area (Å²) in [5.74, 6) is 0. The lowest BCUT2D eigenvalue weighted by atomic mass is 10.2. The number of nitrogens with one attached hydrogen (secondary N) is 1. The molecule has 1 fully saturated rings. The maximum absolute atomic E-state index is 11.7. The third-order valence-corrected chi connectivity index (χ3v) is 3.06. The van der Waals surface area contributed by atoms with Gasteiger partial charge in [0.15, 0.2) is 0 Å². The van der Waals surface area contributed by atoms with E-state index in [1.807, 2.05) is 0 Å². The normalized spacial score (nSPS) is 27.2. The minimum Gasteiger partial charge on any atom is -0.394 e. The van der Waals surface area contributed by atoms with Gasteiger partial charge >= 0.3 is 5.69 Å². The number of aromatic amines is 1. The summed E-state index contributed by atoms with van der Waals surface area (Å²) >= 11 is 5.40. The third-order valence-electron chi connectivity index (χ3n) is 2.93. The number of hydrogen-bond donors (Lipinski definition) is 3. The van der Waals surface area contributed by atoms with Crippen molar-refractivity contribution in [3.8, 4) is 0 Å². The molecule has 104 valence electrons. The van der Waals surface area contributed by atoms with E-state index in [-0.39, 0.29) is 18.6 Å². The quantitative estimate of drug-likeness (QED) is 0.688. The molecular formula is C11H13ClN2O5. The smallest absolute Gasteiger partial charge is 0.330 e. The fourth-order valence-electron chi connectivity index (χ4n) is 1.95. The van der Waals surface area contributed by atoms with Gasteiger partial charge in [0.05, 0.1) is 18.3 Å². The van der Waals surface area contributed by atoms with Crippen LogP contribution >= 0.6 is 11.6 Å². The lowest BCUT2D eigenvalue weighted by molar-refractivity contribution is -0.0459. The van der Waals surface area contributed by atoms with Crippen LogP contribution in [0.25, 0.3) is 6.08 Å². The first kappa shape index (κ1) is 14.0. The average Bonchev–Trinajstić information content (AvgIpc) is 2.74. The van der Waals surface area contributed by atoms with E-state index in [1.165, 1.54) is 12.3 Å². The van der Waals surface area contributed by atoms with Gasteiger partial charge in [-0.25, -0.2) is 4.79 Å². The SMILES string of the molecule is O=c1[nH]c(=O)n([C@@H]2CC(O)[C@H](CO)O2)cc1/C=C/Cl. The summed E-state index contributed by atoms with van der Waals surface area (Å²) in [6.45, 7) is -0.343. The Morgan fingerprint density at radius 1 is 1.58 bits per heavy atom. The molecule has 1 aromatic rings. The Labute approximate surface area is 112 Å². The fourth-order valence-corrected chi connectivity index (χ4v) is 2.09. The zero-order valence-corrected chi connectivity index (χ0v) is 10.6. The molecule has 8 heteroatoms. The Bertz CT molecular complexity index is 593. The molecule has 19 heavy (non-hydrogen) atoms. The van der Waals surface area contributed by atoms with Crippen molar-refractivity contribution in [2.75, 3.05) is 6.61 Å². The number of ether oxygens (including phenoxy) is 1. The summed E-state index contributed by atoms with van der Waals surface area (Å²) in [6, 6.07) is 0. The van der Waals surface area contributed by atoms with Crippen LogP contribution in [0.2, 0.25) is 0 Å². The van der Waals surface area contributed by atoms with Gasteiger partial charge in [0.1, 0.15) is 12.3 Å². The van der Waals surface area contributed by atoms with Crippen LogP contribution in [0, 0.1) is 0 Å². The van der Waals surface area contributed by atoms with Crippen molar-refractivity contribution in [1.82, 2.24) is 9.55 Å². The molecule has 7 nitrogen and oxygen atoms in total. The molecule has 1 aliphatic heterocycles. The molecule has 0 aliphatic carbocycles. The van der Waals surface area contributed by atoms with E-state index in [9.17, 15) is 14.7 Å². The number of aliphatic hydroxyl groups is 2. The first-order chi connectivity index (χ1) is 9.06. The van der Waals surface area contributed by atoms with Gasteiger partial charge in [0, 0.05) is 18.2 Å². The van der Waals surface area contributed by atoms with E-state index < -0.39 is 29.7 Å². The topological polar surface area (TPSA) is 105 Å². The van der Waals surface area contributed by atoms with Crippen molar-refractivity contribution in [1.29, 1.82) is 0 Å². The maximum atomic E-state index is 11.7. The standard InChI is InChI=1S/C11H13ClN2O5/c12-2-1-6-4-14(11(18)13-10(6)17)9-3-7(16)8(5-15)19-9/h1-2,4,7-9,15-16H,3,5H2,(H,13,17,18)/b2-1+/t7?,8-,9-/m0/s1. The van der Waals surface area contributed by atoms with Crippen molar-refractivity contribution in [3.05, 3.63) is 38.1 Å². The summed E-state index contributed by atoms with van der Waals surface area (Å²) in [7, 11) is 0. The number of hydrogen-bond acceptors (Lipinski definition) is 5. The Balaban J connectivity index is 2.38. The zero-order chi connectivity index (χ0) is 14.0. The van der Waals surface area contributed by atoms with Gasteiger partial charge in [-0.15, -0.1) is 0 Å². The van der Waals surface area contributed by atoms with Crippen molar-refractivity contribution in [2.45, 2.75) is 24.9 Å². The molecule has 0 amide bonds. The number of nitrogens with zero attached hydrogens (tertiary/aromatic N) is 1. The second-order valence-corrected chi connectivity index (χ2v) is 4.41. The van der Waals surface area contributed by atoms with Crippen molar-refractivity contribution in [2.24, 2.45) is 0 Å². The first-order valence-electron chi connectivity index (χ1n) is 5.63. The molecule has 0 saturated carbocycles. The number of halogens is 1. The molecule has 1 aliphatic rings. The second-order valence-electron chi connectivity index (χ2n) is 4.16. The van der Waals surface area contributed by atoms with Crippen LogP contribution < -0.4 is 11.2 Å². The van der Waals surface area contributed by atoms with Crippen molar-refractivity contribution >= 4 is 17.7 Å². The van der Waals surface area contributed by atoms with Gasteiger partial charge < -0.3 is 14.9 Å². The van der Waals surface area contributed by atoms with Crippen LogP contribution in [0.1, 0.15) is 18.2 Å². The van der Waals surface area contributed by atoms with Gasteiger partial charge in [-0.1, -0.05) is 11.6 Å². The van der Waals surface area contributed by atoms with Gasteiger partial charge in [-0.05, 0) is 6.08 Å². The van der Waals surface area contributed by atoms with Gasteiger partial charge in [-0.2, -0.15) is 0 Å². The highest BCUT2D eigenvalue weighted by molar-refractivity contribution is 6.27.